The molecule has 2 aliphatic rings. The summed E-state index contributed by atoms with van der Waals surface area (Å²) in [6.45, 7) is 8.16. The van der Waals surface area contributed by atoms with Crippen LogP contribution in [0.2, 0.25) is 0 Å². The Labute approximate surface area is 135 Å². The van der Waals surface area contributed by atoms with Crippen molar-refractivity contribution in [3.63, 3.8) is 0 Å². The lowest BCUT2D eigenvalue weighted by Crippen LogP contribution is -2.59. The number of fused-ring (bicyclic) bond motifs is 1. The molecule has 124 valence electrons. The summed E-state index contributed by atoms with van der Waals surface area (Å²) in [6.07, 6.45) is 1.64. The number of aromatic nitrogens is 4. The van der Waals surface area contributed by atoms with Gasteiger partial charge in [0.25, 0.3) is 0 Å². The molecule has 2 aromatic rings. The lowest BCUT2D eigenvalue weighted by Gasteiger charge is -2.45. The van der Waals surface area contributed by atoms with Crippen LogP contribution < -0.4 is 4.90 Å². The molecule has 0 bridgehead atoms. The van der Waals surface area contributed by atoms with E-state index in [1.807, 2.05) is 12.1 Å². The predicted octanol–water partition coefficient (Wildman–Crippen LogP) is -0.423. The number of anilines is 1. The first-order chi connectivity index (χ1) is 11.3. The average Bonchev–Trinajstić information content (AvgIpc) is 3.00. The third-order valence-electron chi connectivity index (χ3n) is 4.83. The minimum Gasteiger partial charge on any atom is -0.379 e. The second-order valence-electron chi connectivity index (χ2n) is 6.32. The number of likely N-dealkylation sites (N-methyl/N-ethyl adjacent to an activating group) is 1. The molecular weight excluding hydrogens is 294 g/mol. The molecule has 2 aromatic heterocycles. The summed E-state index contributed by atoms with van der Waals surface area (Å²) in [5.74, 6) is 0.995. The van der Waals surface area contributed by atoms with Gasteiger partial charge in [0, 0.05) is 45.3 Å². The Bertz CT molecular complexity index is 648. The van der Waals surface area contributed by atoms with Gasteiger partial charge in [0.2, 0.25) is 0 Å². The second kappa shape index (κ2) is 6.38. The van der Waals surface area contributed by atoms with Crippen molar-refractivity contribution >= 4 is 11.5 Å². The van der Waals surface area contributed by atoms with Gasteiger partial charge in [-0.2, -0.15) is 4.52 Å². The number of rotatable bonds is 5. The molecule has 8 heteroatoms. The minimum absolute atomic E-state index is 0.606. The third kappa shape index (κ3) is 3.15. The van der Waals surface area contributed by atoms with Gasteiger partial charge in [-0.25, -0.2) is 0 Å². The van der Waals surface area contributed by atoms with Crippen LogP contribution in [-0.4, -0.2) is 95.2 Å². The maximum Gasteiger partial charge on any atom is 0.177 e. The van der Waals surface area contributed by atoms with Crippen molar-refractivity contribution < 1.29 is 4.74 Å². The fraction of sp³-hybridized carbons (Fsp3) is 0.667. The predicted molar refractivity (Wildman–Crippen MR) is 86.7 cm³/mol. The molecule has 0 spiro atoms. The zero-order valence-corrected chi connectivity index (χ0v) is 13.5. The second-order valence-corrected chi connectivity index (χ2v) is 6.32. The highest BCUT2D eigenvalue weighted by Gasteiger charge is 2.31. The molecule has 0 amide bonds. The van der Waals surface area contributed by atoms with E-state index in [4.69, 9.17) is 4.74 Å². The van der Waals surface area contributed by atoms with E-state index in [2.05, 4.69) is 37.0 Å². The van der Waals surface area contributed by atoms with Crippen LogP contribution in [0.3, 0.4) is 0 Å². The van der Waals surface area contributed by atoms with Crippen molar-refractivity contribution in [2.24, 2.45) is 0 Å². The van der Waals surface area contributed by atoms with Gasteiger partial charge in [-0.1, -0.05) is 0 Å². The first-order valence-electron chi connectivity index (χ1n) is 8.22. The summed E-state index contributed by atoms with van der Waals surface area (Å²) in [5.41, 5.74) is 0.786. The monoisotopic (exact) mass is 317 g/mol. The lowest BCUT2D eigenvalue weighted by atomic mass is 10.1. The van der Waals surface area contributed by atoms with Crippen LogP contribution in [0, 0.1) is 0 Å². The third-order valence-corrected chi connectivity index (χ3v) is 4.83. The highest BCUT2D eigenvalue weighted by atomic mass is 16.5. The largest absolute Gasteiger partial charge is 0.379 e. The Morgan fingerprint density at radius 2 is 2.09 bits per heavy atom. The van der Waals surface area contributed by atoms with Crippen LogP contribution >= 0.6 is 0 Å². The fourth-order valence-corrected chi connectivity index (χ4v) is 3.11. The normalized spacial score (nSPS) is 20.3. The number of hydrogen-bond donors (Lipinski definition) is 0. The molecule has 2 saturated heterocycles. The molecule has 0 radical (unpaired) electrons. The van der Waals surface area contributed by atoms with E-state index in [9.17, 15) is 0 Å². The van der Waals surface area contributed by atoms with Crippen LogP contribution in [0.1, 0.15) is 0 Å². The van der Waals surface area contributed by atoms with Gasteiger partial charge >= 0.3 is 0 Å². The van der Waals surface area contributed by atoms with E-state index in [-0.39, 0.29) is 0 Å². The van der Waals surface area contributed by atoms with Crippen molar-refractivity contribution in [1.29, 1.82) is 0 Å². The van der Waals surface area contributed by atoms with Crippen LogP contribution in [-0.2, 0) is 4.74 Å². The van der Waals surface area contributed by atoms with Crippen molar-refractivity contribution in [1.82, 2.24) is 29.6 Å². The van der Waals surface area contributed by atoms with Gasteiger partial charge < -0.3 is 9.64 Å². The quantitative estimate of drug-likeness (QED) is 0.742. The summed E-state index contributed by atoms with van der Waals surface area (Å²) in [5, 5.41) is 12.4. The number of ether oxygens (including phenoxy) is 1. The van der Waals surface area contributed by atoms with Crippen molar-refractivity contribution in [2.45, 2.75) is 6.04 Å². The van der Waals surface area contributed by atoms with Gasteiger partial charge in [0.05, 0.1) is 13.2 Å². The van der Waals surface area contributed by atoms with Gasteiger partial charge in [0.1, 0.15) is 12.1 Å². The molecule has 2 fully saturated rings. The Hall–Kier alpha value is -1.77. The van der Waals surface area contributed by atoms with Crippen molar-refractivity contribution in [3.05, 3.63) is 18.5 Å². The number of hydrogen-bond acceptors (Lipinski definition) is 7. The standard InChI is InChI=1S/C15H23N7O/c1-19(4-5-20-6-8-23-9-7-20)13-10-21(11-13)15-3-2-14-17-16-12-22(14)18-15/h2-3,12-13H,4-11H2,1H3. The van der Waals surface area contributed by atoms with Gasteiger partial charge in [-0.3, -0.25) is 9.80 Å². The molecule has 0 aliphatic carbocycles. The Kier molecular flexibility index (Phi) is 4.11. The van der Waals surface area contributed by atoms with Crippen LogP contribution in [0.4, 0.5) is 5.82 Å². The highest BCUT2D eigenvalue weighted by Crippen LogP contribution is 2.21. The smallest absolute Gasteiger partial charge is 0.177 e. The summed E-state index contributed by atoms with van der Waals surface area (Å²) in [4.78, 5) is 7.25. The minimum atomic E-state index is 0.606. The summed E-state index contributed by atoms with van der Waals surface area (Å²) >= 11 is 0. The first-order valence-corrected chi connectivity index (χ1v) is 8.22. The van der Waals surface area contributed by atoms with E-state index in [0.29, 0.717) is 6.04 Å². The lowest BCUT2D eigenvalue weighted by molar-refractivity contribution is 0.0318. The maximum atomic E-state index is 5.39. The van der Waals surface area contributed by atoms with Crippen LogP contribution in [0.25, 0.3) is 5.65 Å². The zero-order valence-electron chi connectivity index (χ0n) is 13.5. The highest BCUT2D eigenvalue weighted by molar-refractivity contribution is 5.47. The number of nitrogens with zero attached hydrogens (tertiary/aromatic N) is 7. The molecule has 0 saturated carbocycles. The molecule has 0 atom stereocenters. The average molecular weight is 317 g/mol. The van der Waals surface area contributed by atoms with Crippen molar-refractivity contribution in [2.75, 3.05) is 64.4 Å². The zero-order chi connectivity index (χ0) is 15.6. The summed E-state index contributed by atoms with van der Waals surface area (Å²) < 4.78 is 7.12. The van der Waals surface area contributed by atoms with Gasteiger partial charge in [-0.15, -0.1) is 15.3 Å². The molecule has 8 nitrogen and oxygen atoms in total. The first kappa shape index (κ1) is 14.8. The van der Waals surface area contributed by atoms with Gasteiger partial charge in [-0.05, 0) is 19.2 Å². The molecule has 4 heterocycles. The van der Waals surface area contributed by atoms with E-state index in [0.717, 1.165) is 63.9 Å². The Morgan fingerprint density at radius 1 is 1.26 bits per heavy atom. The molecule has 2 aliphatic heterocycles. The molecule has 4 rings (SSSR count). The van der Waals surface area contributed by atoms with E-state index in [1.165, 1.54) is 0 Å². The Morgan fingerprint density at radius 3 is 2.91 bits per heavy atom. The maximum absolute atomic E-state index is 5.39. The van der Waals surface area contributed by atoms with Crippen LogP contribution in [0.15, 0.2) is 18.5 Å². The van der Waals surface area contributed by atoms with Crippen LogP contribution in [0.5, 0.6) is 0 Å². The molecule has 0 unspecified atom stereocenters. The van der Waals surface area contributed by atoms with E-state index in [1.54, 1.807) is 10.8 Å². The van der Waals surface area contributed by atoms with E-state index >= 15 is 0 Å². The topological polar surface area (TPSA) is 62.0 Å². The molecule has 0 N–H and O–H groups in total. The molecule has 0 aromatic carbocycles. The molecule has 23 heavy (non-hydrogen) atoms. The van der Waals surface area contributed by atoms with Crippen molar-refractivity contribution in [3.8, 4) is 0 Å². The SMILES string of the molecule is CN(CCN1CCOCC1)C1CN(c2ccc3nncn3n2)C1. The van der Waals surface area contributed by atoms with Gasteiger partial charge in [0.15, 0.2) is 5.65 Å². The molecular formula is C15H23N7O. The number of morpholine rings is 1. The van der Waals surface area contributed by atoms with E-state index < -0.39 is 0 Å². The summed E-state index contributed by atoms with van der Waals surface area (Å²) in [7, 11) is 2.22. The summed E-state index contributed by atoms with van der Waals surface area (Å²) in [6, 6.07) is 4.59. The Balaban J connectivity index is 1.26. The fourth-order valence-electron chi connectivity index (χ4n) is 3.11.